The molecule has 0 unspecified atom stereocenters. The standard InChI is InChI=1S/C14H22O2.2C4H6N2.Cu/c1-13(2,3)9-7-8-10(14(4,5)6)12(16)11(9)15;2*1-6-3-2-5-4-6;/h7-8,15-16H,1-6H3;2*2-4H,1H3;/q;;;+2/p-2. The van der Waals surface area contributed by atoms with Crippen molar-refractivity contribution in [3.63, 3.8) is 0 Å². The van der Waals surface area contributed by atoms with Crippen LogP contribution in [0.2, 0.25) is 0 Å². The fourth-order valence-electron chi connectivity index (χ4n) is 2.40. The number of hydrogen-bond donors (Lipinski definition) is 0. The summed E-state index contributed by atoms with van der Waals surface area (Å²) in [6.07, 6.45) is 10.8. The molecular formula is C22H32CuN4O2. The quantitative estimate of drug-likeness (QED) is 0.495. The first-order valence-electron chi connectivity index (χ1n) is 9.20. The minimum absolute atomic E-state index is 0. The van der Waals surface area contributed by atoms with Crippen molar-refractivity contribution in [2.24, 2.45) is 14.1 Å². The van der Waals surface area contributed by atoms with E-state index in [1.165, 1.54) is 0 Å². The van der Waals surface area contributed by atoms with Gasteiger partial charge < -0.3 is 19.3 Å². The zero-order chi connectivity index (χ0) is 21.5. The van der Waals surface area contributed by atoms with E-state index in [1.54, 1.807) is 37.2 Å². The van der Waals surface area contributed by atoms with E-state index in [-0.39, 0.29) is 39.4 Å². The summed E-state index contributed by atoms with van der Waals surface area (Å²) in [5.74, 6) is -0.695. The molecule has 0 bridgehead atoms. The number of aromatic nitrogens is 4. The fourth-order valence-corrected chi connectivity index (χ4v) is 2.40. The van der Waals surface area contributed by atoms with E-state index < -0.39 is 0 Å². The van der Waals surface area contributed by atoms with Crippen LogP contribution in [0.15, 0.2) is 49.6 Å². The Bertz CT molecular complexity index is 760. The van der Waals surface area contributed by atoms with Gasteiger partial charge in [-0.1, -0.05) is 64.8 Å². The molecule has 0 amide bonds. The van der Waals surface area contributed by atoms with Gasteiger partial charge in [-0.2, -0.15) is 0 Å². The third-order valence-electron chi connectivity index (χ3n) is 4.00. The topological polar surface area (TPSA) is 81.8 Å². The Morgan fingerprint density at radius 3 is 1.14 bits per heavy atom. The second kappa shape index (κ2) is 11.1. The molecule has 3 aromatic rings. The summed E-state index contributed by atoms with van der Waals surface area (Å²) in [6.45, 7) is 11.7. The van der Waals surface area contributed by atoms with Crippen molar-refractivity contribution in [2.45, 2.75) is 52.4 Å². The molecule has 2 heterocycles. The van der Waals surface area contributed by atoms with E-state index in [1.807, 2.05) is 77.2 Å². The zero-order valence-electron chi connectivity index (χ0n) is 18.5. The number of rotatable bonds is 0. The van der Waals surface area contributed by atoms with E-state index in [9.17, 15) is 10.2 Å². The molecule has 0 aliphatic rings. The van der Waals surface area contributed by atoms with Gasteiger partial charge in [0, 0.05) is 38.9 Å². The molecule has 1 aromatic carbocycles. The molecular weight excluding hydrogens is 416 g/mol. The molecule has 0 atom stereocenters. The fraction of sp³-hybridized carbons (Fsp3) is 0.455. The Labute approximate surface area is 185 Å². The SMILES string of the molecule is CC(C)(C)c1ccc(C(C)(C)C)c([O-])c1[O-].Cn1ccnc1.Cn1ccnc1.[Cu+2]. The van der Waals surface area contributed by atoms with E-state index >= 15 is 0 Å². The molecule has 1 radical (unpaired) electrons. The van der Waals surface area contributed by atoms with E-state index in [4.69, 9.17) is 0 Å². The predicted molar refractivity (Wildman–Crippen MR) is 109 cm³/mol. The number of benzene rings is 1. The normalized spacial score (nSPS) is 10.8. The third kappa shape index (κ3) is 8.75. The van der Waals surface area contributed by atoms with Crippen molar-refractivity contribution in [1.82, 2.24) is 19.1 Å². The van der Waals surface area contributed by atoms with Crippen molar-refractivity contribution in [1.29, 1.82) is 0 Å². The minimum atomic E-state index is -0.347. The van der Waals surface area contributed by atoms with Crippen LogP contribution in [0.5, 0.6) is 11.5 Å². The van der Waals surface area contributed by atoms with Gasteiger partial charge in [0.15, 0.2) is 0 Å². The van der Waals surface area contributed by atoms with Gasteiger partial charge in [-0.05, 0) is 10.8 Å². The first kappa shape index (κ1) is 26.8. The molecule has 3 rings (SSSR count). The maximum absolute atomic E-state index is 12.0. The molecule has 0 spiro atoms. The van der Waals surface area contributed by atoms with Gasteiger partial charge in [-0.3, -0.25) is 0 Å². The Hall–Kier alpha value is -2.24. The molecule has 0 fully saturated rings. The summed E-state index contributed by atoms with van der Waals surface area (Å²) < 4.78 is 3.78. The number of hydrogen-bond acceptors (Lipinski definition) is 4. The average molecular weight is 448 g/mol. The molecule has 29 heavy (non-hydrogen) atoms. The van der Waals surface area contributed by atoms with Crippen LogP contribution in [-0.4, -0.2) is 19.1 Å². The van der Waals surface area contributed by atoms with Crippen LogP contribution in [-0.2, 0) is 42.0 Å². The predicted octanol–water partition coefficient (Wildman–Crippen LogP) is 3.27. The van der Waals surface area contributed by atoms with Crippen LogP contribution >= 0.6 is 0 Å². The smallest absolute Gasteiger partial charge is 0.873 e. The third-order valence-corrected chi connectivity index (χ3v) is 4.00. The average Bonchev–Trinajstić information content (AvgIpc) is 3.22. The van der Waals surface area contributed by atoms with Crippen molar-refractivity contribution >= 4 is 0 Å². The van der Waals surface area contributed by atoms with Crippen LogP contribution in [0.4, 0.5) is 0 Å². The number of imidazole rings is 2. The van der Waals surface area contributed by atoms with Gasteiger partial charge in [0.05, 0.1) is 12.7 Å². The number of nitrogens with zero attached hydrogens (tertiary/aromatic N) is 4. The van der Waals surface area contributed by atoms with Crippen LogP contribution in [0.3, 0.4) is 0 Å². The summed E-state index contributed by atoms with van der Waals surface area (Å²) in [7, 11) is 3.88. The Morgan fingerprint density at radius 2 is 1.00 bits per heavy atom. The minimum Gasteiger partial charge on any atom is -0.873 e. The van der Waals surface area contributed by atoms with Crippen molar-refractivity contribution in [2.75, 3.05) is 0 Å². The van der Waals surface area contributed by atoms with Gasteiger partial charge in [0.25, 0.3) is 0 Å². The first-order valence-corrected chi connectivity index (χ1v) is 9.20. The van der Waals surface area contributed by atoms with E-state index in [0.717, 1.165) is 0 Å². The molecule has 6 nitrogen and oxygen atoms in total. The molecule has 0 saturated heterocycles. The largest absolute Gasteiger partial charge is 2.00 e. The molecule has 2 aromatic heterocycles. The van der Waals surface area contributed by atoms with Gasteiger partial charge in [-0.25, -0.2) is 9.97 Å². The Kier molecular flexibility index (Phi) is 10.2. The van der Waals surface area contributed by atoms with Crippen LogP contribution in [0.25, 0.3) is 0 Å². The van der Waals surface area contributed by atoms with Crippen LogP contribution in [0, 0.1) is 0 Å². The van der Waals surface area contributed by atoms with Gasteiger partial charge >= 0.3 is 17.1 Å². The Balaban J connectivity index is 0.000000491. The summed E-state index contributed by atoms with van der Waals surface area (Å²) in [5, 5.41) is 23.9. The maximum atomic E-state index is 12.0. The van der Waals surface area contributed by atoms with Gasteiger partial charge in [-0.15, -0.1) is 11.5 Å². The van der Waals surface area contributed by atoms with Crippen molar-refractivity contribution in [3.05, 3.63) is 60.7 Å². The summed E-state index contributed by atoms with van der Waals surface area (Å²) >= 11 is 0. The van der Waals surface area contributed by atoms with E-state index in [2.05, 4.69) is 9.97 Å². The Morgan fingerprint density at radius 1 is 0.690 bits per heavy atom. The molecule has 0 aliphatic carbocycles. The van der Waals surface area contributed by atoms with E-state index in [0.29, 0.717) is 11.1 Å². The summed E-state index contributed by atoms with van der Waals surface area (Å²) in [6, 6.07) is 3.59. The zero-order valence-corrected chi connectivity index (χ0v) is 19.5. The molecule has 7 heteroatoms. The monoisotopic (exact) mass is 447 g/mol. The summed E-state index contributed by atoms with van der Waals surface area (Å²) in [4.78, 5) is 7.57. The van der Waals surface area contributed by atoms with Gasteiger partial charge in [0.1, 0.15) is 0 Å². The molecule has 0 saturated carbocycles. The van der Waals surface area contributed by atoms with Crippen molar-refractivity contribution < 1.29 is 27.3 Å². The molecule has 0 aliphatic heterocycles. The van der Waals surface area contributed by atoms with Crippen LogP contribution < -0.4 is 10.2 Å². The first-order chi connectivity index (χ1) is 12.8. The maximum Gasteiger partial charge on any atom is 2.00 e. The molecule has 163 valence electrons. The summed E-state index contributed by atoms with van der Waals surface area (Å²) in [5.41, 5.74) is 0.662. The molecule has 0 N–H and O–H groups in total. The second-order valence-corrected chi connectivity index (χ2v) is 8.78. The second-order valence-electron chi connectivity index (χ2n) is 8.78. The number of aryl methyl sites for hydroxylation is 2. The van der Waals surface area contributed by atoms with Crippen LogP contribution in [0.1, 0.15) is 52.7 Å². The van der Waals surface area contributed by atoms with Crippen molar-refractivity contribution in [3.8, 4) is 11.5 Å². The van der Waals surface area contributed by atoms with Gasteiger partial charge in [0.2, 0.25) is 0 Å².